The maximum absolute atomic E-state index is 13.0. The first-order chi connectivity index (χ1) is 17.9. The van der Waals surface area contributed by atoms with Crippen LogP contribution in [-0.2, 0) is 0 Å². The van der Waals surface area contributed by atoms with Gasteiger partial charge in [0.2, 0.25) is 5.88 Å². The minimum Gasteiger partial charge on any atom is -0.493 e. The van der Waals surface area contributed by atoms with Crippen molar-refractivity contribution < 1.29 is 23.7 Å². The maximum atomic E-state index is 13.0. The van der Waals surface area contributed by atoms with Crippen LogP contribution in [0.15, 0.2) is 66.1 Å². The second-order valence-electron chi connectivity index (χ2n) is 7.99. The number of hydrogen-bond donors (Lipinski definition) is 1. The molecule has 1 atom stereocenters. The molecule has 0 saturated carbocycles. The van der Waals surface area contributed by atoms with E-state index in [0.29, 0.717) is 33.2 Å². The predicted octanol–water partition coefficient (Wildman–Crippen LogP) is 6.66. The van der Waals surface area contributed by atoms with Gasteiger partial charge in [-0.3, -0.25) is 0 Å². The van der Waals surface area contributed by atoms with Gasteiger partial charge >= 0.3 is 5.97 Å². The number of carbonyl (C=O) groups is 1. The molecule has 37 heavy (non-hydrogen) atoms. The van der Waals surface area contributed by atoms with Crippen molar-refractivity contribution in [3.8, 4) is 29.1 Å². The third-order valence-corrected chi connectivity index (χ3v) is 7.87. The van der Waals surface area contributed by atoms with Crippen LogP contribution in [0.25, 0.3) is 10.1 Å². The van der Waals surface area contributed by atoms with E-state index < -0.39 is 11.9 Å². The Morgan fingerprint density at radius 2 is 1.86 bits per heavy atom. The summed E-state index contributed by atoms with van der Waals surface area (Å²) in [5, 5.41) is 11.1. The van der Waals surface area contributed by atoms with Gasteiger partial charge in [0.25, 0.3) is 0 Å². The highest BCUT2D eigenvalue weighted by atomic mass is 35.5. The van der Waals surface area contributed by atoms with Gasteiger partial charge < -0.3 is 24.7 Å². The van der Waals surface area contributed by atoms with E-state index in [9.17, 15) is 10.1 Å². The number of rotatable bonds is 5. The summed E-state index contributed by atoms with van der Waals surface area (Å²) < 4.78 is 22.9. The molecule has 2 heterocycles. The second kappa shape index (κ2) is 9.87. The fraction of sp³-hybridized carbons (Fsp3) is 0.111. The van der Waals surface area contributed by atoms with Gasteiger partial charge in [-0.25, -0.2) is 4.79 Å². The Morgan fingerprint density at radius 1 is 1.08 bits per heavy atom. The second-order valence-corrected chi connectivity index (χ2v) is 9.82. The fourth-order valence-corrected chi connectivity index (χ4v) is 6.05. The number of thiophene rings is 1. The van der Waals surface area contributed by atoms with Gasteiger partial charge in [0.15, 0.2) is 11.5 Å². The van der Waals surface area contributed by atoms with Gasteiger partial charge in [-0.1, -0.05) is 41.4 Å². The average Bonchev–Trinajstić information content (AvgIpc) is 3.25. The number of nitrogens with zero attached hydrogens (tertiary/aromatic N) is 1. The van der Waals surface area contributed by atoms with E-state index in [0.717, 1.165) is 10.3 Å². The molecule has 10 heteroatoms. The van der Waals surface area contributed by atoms with E-state index in [1.807, 2.05) is 12.1 Å². The molecular formula is C27H18Cl2N2O5S. The van der Waals surface area contributed by atoms with Gasteiger partial charge in [-0.2, -0.15) is 5.26 Å². The molecule has 0 radical (unpaired) electrons. The van der Waals surface area contributed by atoms with E-state index in [1.54, 1.807) is 49.6 Å². The third-order valence-electron chi connectivity index (χ3n) is 5.93. The molecule has 0 fully saturated rings. The zero-order valence-corrected chi connectivity index (χ0v) is 21.8. The monoisotopic (exact) mass is 552 g/mol. The molecular weight excluding hydrogens is 535 g/mol. The van der Waals surface area contributed by atoms with Gasteiger partial charge in [0.05, 0.1) is 30.2 Å². The number of carbonyl (C=O) groups excluding carboxylic acids is 1. The number of halogens is 2. The number of fused-ring (bicyclic) bond motifs is 2. The largest absolute Gasteiger partial charge is 0.493 e. The van der Waals surface area contributed by atoms with Crippen molar-refractivity contribution in [2.45, 2.75) is 5.92 Å². The van der Waals surface area contributed by atoms with Crippen LogP contribution in [0.2, 0.25) is 10.0 Å². The van der Waals surface area contributed by atoms with Crippen LogP contribution in [0, 0.1) is 11.3 Å². The van der Waals surface area contributed by atoms with E-state index in [1.165, 1.54) is 18.4 Å². The standard InChI is InChI=1S/C27H18Cl2N2O5S/c1-33-18-9-6-13(10-20(18)34-2)22-15-8-7-14(11-19(15)36-26(31)16(22)12-30)35-27(32)25-24(29)23-17(28)4-3-5-21(23)37-25/h3-11,22H,31H2,1-2H3. The molecule has 7 nitrogen and oxygen atoms in total. The Bertz CT molecular complexity index is 1640. The minimum atomic E-state index is -0.629. The zero-order valence-electron chi connectivity index (χ0n) is 19.5. The predicted molar refractivity (Wildman–Crippen MR) is 142 cm³/mol. The molecule has 0 aliphatic carbocycles. The molecule has 0 amide bonds. The SMILES string of the molecule is COc1ccc(C2C(C#N)=C(N)Oc3cc(OC(=O)c4sc5cccc(Cl)c5c4Cl)ccc32)cc1OC. The molecule has 2 N–H and O–H groups in total. The lowest BCUT2D eigenvalue weighted by atomic mass is 9.83. The van der Waals surface area contributed by atoms with Crippen LogP contribution in [0.5, 0.6) is 23.0 Å². The molecule has 0 spiro atoms. The summed E-state index contributed by atoms with van der Waals surface area (Å²) in [5.41, 5.74) is 7.79. The molecule has 186 valence electrons. The summed E-state index contributed by atoms with van der Waals surface area (Å²) in [6.07, 6.45) is 0. The molecule has 1 unspecified atom stereocenters. The molecule has 3 aromatic carbocycles. The summed E-state index contributed by atoms with van der Waals surface area (Å²) >= 11 is 13.9. The Balaban J connectivity index is 1.51. The van der Waals surface area contributed by atoms with Crippen LogP contribution < -0.4 is 24.7 Å². The van der Waals surface area contributed by atoms with E-state index in [-0.39, 0.29) is 27.1 Å². The van der Waals surface area contributed by atoms with Gasteiger partial charge in [-0.15, -0.1) is 11.3 Å². The number of benzene rings is 3. The first-order valence-electron chi connectivity index (χ1n) is 10.9. The Labute approximate surface area is 226 Å². The number of ether oxygens (including phenoxy) is 4. The van der Waals surface area contributed by atoms with Crippen molar-refractivity contribution >= 4 is 50.6 Å². The number of allylic oxidation sites excluding steroid dienone is 1. The summed E-state index contributed by atoms with van der Waals surface area (Å²) in [6, 6.07) is 17.7. The van der Waals surface area contributed by atoms with Gasteiger partial charge in [-0.05, 0) is 35.9 Å². The number of nitrogens with two attached hydrogens (primary N) is 1. The zero-order chi connectivity index (χ0) is 26.3. The lowest BCUT2D eigenvalue weighted by molar-refractivity contribution is 0.0740. The normalized spacial score (nSPS) is 14.5. The average molecular weight is 553 g/mol. The molecule has 0 bridgehead atoms. The number of methoxy groups -OCH3 is 2. The Kier molecular flexibility index (Phi) is 6.61. The van der Waals surface area contributed by atoms with Crippen LogP contribution in [0.1, 0.15) is 26.7 Å². The van der Waals surface area contributed by atoms with Crippen LogP contribution in [-0.4, -0.2) is 20.2 Å². The molecule has 1 aromatic heterocycles. The summed E-state index contributed by atoms with van der Waals surface area (Å²) in [5.74, 6) is 0.440. The van der Waals surface area contributed by atoms with Crippen LogP contribution >= 0.6 is 34.5 Å². The Hall–Kier alpha value is -3.90. The first kappa shape index (κ1) is 24.8. The van der Waals surface area contributed by atoms with E-state index in [2.05, 4.69) is 6.07 Å². The van der Waals surface area contributed by atoms with Crippen molar-refractivity contribution in [3.63, 3.8) is 0 Å². The van der Waals surface area contributed by atoms with Crippen molar-refractivity contribution in [2.75, 3.05) is 14.2 Å². The van der Waals surface area contributed by atoms with Gasteiger partial charge in [0.1, 0.15) is 28.0 Å². The molecule has 1 aliphatic heterocycles. The highest BCUT2D eigenvalue weighted by Crippen LogP contribution is 2.45. The highest BCUT2D eigenvalue weighted by Gasteiger charge is 2.32. The van der Waals surface area contributed by atoms with Crippen molar-refractivity contribution in [3.05, 3.63) is 92.1 Å². The van der Waals surface area contributed by atoms with Crippen LogP contribution in [0.4, 0.5) is 0 Å². The number of hydrogen-bond acceptors (Lipinski definition) is 8. The number of esters is 1. The van der Waals surface area contributed by atoms with E-state index >= 15 is 0 Å². The summed E-state index contributed by atoms with van der Waals surface area (Å²) in [7, 11) is 3.08. The quantitative estimate of drug-likeness (QED) is 0.218. The lowest BCUT2D eigenvalue weighted by Gasteiger charge is -2.27. The summed E-state index contributed by atoms with van der Waals surface area (Å²) in [6.45, 7) is 0. The van der Waals surface area contributed by atoms with Crippen LogP contribution in [0.3, 0.4) is 0 Å². The summed E-state index contributed by atoms with van der Waals surface area (Å²) in [4.78, 5) is 13.2. The van der Waals surface area contributed by atoms with Gasteiger partial charge in [0, 0.05) is 21.7 Å². The molecule has 4 aromatic rings. The third kappa shape index (κ3) is 4.31. The smallest absolute Gasteiger partial charge is 0.355 e. The van der Waals surface area contributed by atoms with Crippen molar-refractivity contribution in [1.82, 2.24) is 0 Å². The Morgan fingerprint density at radius 3 is 2.57 bits per heavy atom. The molecule has 1 aliphatic rings. The van der Waals surface area contributed by atoms with E-state index in [4.69, 9.17) is 47.9 Å². The number of nitriles is 1. The lowest BCUT2D eigenvalue weighted by Crippen LogP contribution is -2.21. The molecule has 5 rings (SSSR count). The van der Waals surface area contributed by atoms with Crippen molar-refractivity contribution in [1.29, 1.82) is 5.26 Å². The topological polar surface area (TPSA) is 104 Å². The first-order valence-corrected chi connectivity index (χ1v) is 12.5. The highest BCUT2D eigenvalue weighted by molar-refractivity contribution is 7.21. The minimum absolute atomic E-state index is 0.0412. The maximum Gasteiger partial charge on any atom is 0.355 e. The fourth-order valence-electron chi connectivity index (χ4n) is 4.23. The van der Waals surface area contributed by atoms with Crippen molar-refractivity contribution in [2.24, 2.45) is 5.73 Å². The molecule has 0 saturated heterocycles.